The second-order valence-electron chi connectivity index (χ2n) is 9.22. The molecule has 2 saturated heterocycles. The molecule has 7 nitrogen and oxygen atoms in total. The Morgan fingerprint density at radius 3 is 2.94 bits per heavy atom. The minimum absolute atomic E-state index is 0.143. The second-order valence-corrected chi connectivity index (χ2v) is 9.22. The lowest BCUT2D eigenvalue weighted by molar-refractivity contribution is -0.132. The van der Waals surface area contributed by atoms with Crippen LogP contribution in [0.5, 0.6) is 0 Å². The number of fused-ring (bicyclic) bond motifs is 2. The maximum Gasteiger partial charge on any atom is 0.258 e. The van der Waals surface area contributed by atoms with Crippen LogP contribution in [-0.2, 0) is 16.0 Å². The molecule has 1 amide bonds. The van der Waals surface area contributed by atoms with Crippen LogP contribution in [0.2, 0.25) is 0 Å². The molecular weight excluding hydrogens is 404 g/mol. The molecule has 0 aliphatic carbocycles. The first-order valence-corrected chi connectivity index (χ1v) is 12.1. The summed E-state index contributed by atoms with van der Waals surface area (Å²) in [4.78, 5) is 37.7. The van der Waals surface area contributed by atoms with Crippen LogP contribution in [0.15, 0.2) is 29.1 Å². The van der Waals surface area contributed by atoms with Crippen molar-refractivity contribution in [2.24, 2.45) is 5.92 Å². The molecule has 3 heterocycles. The summed E-state index contributed by atoms with van der Waals surface area (Å²) in [6.45, 7) is 4.62. The van der Waals surface area contributed by atoms with Crippen molar-refractivity contribution < 1.29 is 9.53 Å². The number of H-pyrrole nitrogens is 1. The van der Waals surface area contributed by atoms with E-state index in [1.54, 1.807) is 13.2 Å². The largest absolute Gasteiger partial charge is 0.385 e. The number of carbonyl (C=O) groups is 1. The van der Waals surface area contributed by atoms with Crippen LogP contribution in [0, 0.1) is 5.92 Å². The number of nitrogens with zero attached hydrogens (tertiary/aromatic N) is 3. The molecule has 2 aromatic rings. The van der Waals surface area contributed by atoms with Gasteiger partial charge in [0, 0.05) is 45.7 Å². The minimum Gasteiger partial charge on any atom is -0.385 e. The molecular formula is C25H36N4O3. The number of hydrogen-bond donors (Lipinski definition) is 1. The normalized spacial score (nSPS) is 21.4. The number of aryl methyl sites for hydroxylation is 1. The van der Waals surface area contributed by atoms with Gasteiger partial charge in [-0.2, -0.15) is 0 Å². The van der Waals surface area contributed by atoms with Crippen molar-refractivity contribution in [2.75, 3.05) is 39.9 Å². The number of rotatable bonds is 9. The fraction of sp³-hybridized carbons (Fsp3) is 0.640. The molecule has 7 heteroatoms. The Kier molecular flexibility index (Phi) is 7.92. The maximum atomic E-state index is 13.2. The van der Waals surface area contributed by atoms with Gasteiger partial charge >= 0.3 is 0 Å². The van der Waals surface area contributed by atoms with Crippen molar-refractivity contribution in [3.05, 3.63) is 40.4 Å². The van der Waals surface area contributed by atoms with Gasteiger partial charge in [-0.3, -0.25) is 9.59 Å². The SMILES string of the molecule is COCCCN(C[C@@H]1CCCN2CCCC[C@H]12)C(=O)CCc1nc2ccccc2c(=O)[nH]1. The zero-order chi connectivity index (χ0) is 22.3. The van der Waals surface area contributed by atoms with Crippen molar-refractivity contribution in [1.29, 1.82) is 0 Å². The van der Waals surface area contributed by atoms with E-state index in [0.717, 1.165) is 19.5 Å². The molecule has 0 spiro atoms. The van der Waals surface area contributed by atoms with Gasteiger partial charge in [-0.05, 0) is 63.2 Å². The van der Waals surface area contributed by atoms with Crippen molar-refractivity contribution in [1.82, 2.24) is 19.8 Å². The van der Waals surface area contributed by atoms with Gasteiger partial charge in [-0.1, -0.05) is 18.6 Å². The molecule has 174 valence electrons. The van der Waals surface area contributed by atoms with Crippen molar-refractivity contribution in [2.45, 2.75) is 57.4 Å². The van der Waals surface area contributed by atoms with Gasteiger partial charge in [0.1, 0.15) is 5.82 Å². The number of aromatic nitrogens is 2. The highest BCUT2D eigenvalue weighted by Gasteiger charge is 2.34. The number of methoxy groups -OCH3 is 1. The summed E-state index contributed by atoms with van der Waals surface area (Å²) >= 11 is 0. The van der Waals surface area contributed by atoms with E-state index in [1.807, 2.05) is 23.1 Å². The zero-order valence-corrected chi connectivity index (χ0v) is 19.2. The number of aromatic amines is 1. The molecule has 0 bridgehead atoms. The zero-order valence-electron chi connectivity index (χ0n) is 19.2. The summed E-state index contributed by atoms with van der Waals surface area (Å²) in [5.41, 5.74) is 0.532. The summed E-state index contributed by atoms with van der Waals surface area (Å²) in [5, 5.41) is 0.582. The van der Waals surface area contributed by atoms with Gasteiger partial charge in [0.25, 0.3) is 5.56 Å². The van der Waals surface area contributed by atoms with E-state index in [-0.39, 0.29) is 11.5 Å². The molecule has 2 atom stereocenters. The summed E-state index contributed by atoms with van der Waals surface area (Å²) < 4.78 is 5.24. The number of nitrogens with one attached hydrogen (secondary N) is 1. The molecule has 2 aliphatic heterocycles. The third kappa shape index (κ3) is 5.56. The van der Waals surface area contributed by atoms with E-state index in [9.17, 15) is 9.59 Å². The van der Waals surface area contributed by atoms with Gasteiger partial charge in [-0.25, -0.2) is 4.98 Å². The van der Waals surface area contributed by atoms with Crippen LogP contribution in [0.25, 0.3) is 10.9 Å². The lowest BCUT2D eigenvalue weighted by atomic mass is 9.83. The standard InChI is InChI=1S/C25H36N4O3/c1-32-17-7-16-29(18-19-8-6-15-28-14-5-4-11-22(19)28)24(30)13-12-23-26-21-10-3-2-9-20(21)25(31)27-23/h2-3,9-10,19,22H,4-8,11-18H2,1H3,(H,26,27,31)/t19-,22+/m0/s1. The maximum absolute atomic E-state index is 13.2. The Hall–Kier alpha value is -2.25. The highest BCUT2D eigenvalue weighted by molar-refractivity contribution is 5.78. The van der Waals surface area contributed by atoms with Gasteiger partial charge in [0.2, 0.25) is 5.91 Å². The molecule has 0 saturated carbocycles. The number of ether oxygens (including phenoxy) is 1. The quantitative estimate of drug-likeness (QED) is 0.607. The summed E-state index contributed by atoms with van der Waals surface area (Å²) in [6, 6.07) is 7.94. The topological polar surface area (TPSA) is 78.5 Å². The number of para-hydroxylation sites is 1. The number of hydrogen-bond acceptors (Lipinski definition) is 5. The summed E-state index contributed by atoms with van der Waals surface area (Å²) in [7, 11) is 1.70. The molecule has 2 fully saturated rings. The summed E-state index contributed by atoms with van der Waals surface area (Å²) in [6.07, 6.45) is 7.93. The lowest BCUT2D eigenvalue weighted by Crippen LogP contribution is -2.51. The molecule has 1 aromatic carbocycles. The van der Waals surface area contributed by atoms with Crippen LogP contribution >= 0.6 is 0 Å². The van der Waals surface area contributed by atoms with Gasteiger partial charge in [0.15, 0.2) is 0 Å². The first-order valence-electron chi connectivity index (χ1n) is 12.1. The van der Waals surface area contributed by atoms with E-state index >= 15 is 0 Å². The van der Waals surface area contributed by atoms with Crippen molar-refractivity contribution >= 4 is 16.8 Å². The predicted molar refractivity (Wildman–Crippen MR) is 126 cm³/mol. The van der Waals surface area contributed by atoms with Crippen LogP contribution < -0.4 is 5.56 Å². The van der Waals surface area contributed by atoms with Crippen LogP contribution in [0.3, 0.4) is 0 Å². The Balaban J connectivity index is 1.41. The first kappa shape index (κ1) is 22.9. The van der Waals surface area contributed by atoms with Crippen molar-refractivity contribution in [3.8, 4) is 0 Å². The second kappa shape index (κ2) is 11.1. The molecule has 0 unspecified atom stereocenters. The highest BCUT2D eigenvalue weighted by Crippen LogP contribution is 2.31. The third-order valence-corrected chi connectivity index (χ3v) is 7.05. The Morgan fingerprint density at radius 2 is 2.06 bits per heavy atom. The highest BCUT2D eigenvalue weighted by atomic mass is 16.5. The number of carbonyl (C=O) groups excluding carboxylic acids is 1. The Labute approximate surface area is 190 Å². The van der Waals surface area contributed by atoms with Gasteiger partial charge in [0.05, 0.1) is 10.9 Å². The third-order valence-electron chi connectivity index (χ3n) is 7.05. The number of amides is 1. The smallest absolute Gasteiger partial charge is 0.258 e. The molecule has 4 rings (SSSR count). The lowest BCUT2D eigenvalue weighted by Gasteiger charge is -2.45. The number of piperidine rings is 2. The molecule has 1 N–H and O–H groups in total. The average molecular weight is 441 g/mol. The average Bonchev–Trinajstić information content (AvgIpc) is 2.82. The first-order chi connectivity index (χ1) is 15.7. The van der Waals surface area contributed by atoms with Crippen LogP contribution in [0.1, 0.15) is 50.8 Å². The van der Waals surface area contributed by atoms with Crippen molar-refractivity contribution in [3.63, 3.8) is 0 Å². The van der Waals surface area contributed by atoms with E-state index in [4.69, 9.17) is 4.74 Å². The Bertz CT molecular complexity index is 958. The van der Waals surface area contributed by atoms with E-state index in [1.165, 1.54) is 45.2 Å². The predicted octanol–water partition coefficient (Wildman–Crippen LogP) is 2.99. The number of benzene rings is 1. The minimum atomic E-state index is -0.144. The van der Waals surface area contributed by atoms with Crippen LogP contribution in [-0.4, -0.2) is 71.6 Å². The Morgan fingerprint density at radius 1 is 1.22 bits per heavy atom. The fourth-order valence-corrected chi connectivity index (χ4v) is 5.43. The van der Waals surface area contributed by atoms with Crippen LogP contribution in [0.4, 0.5) is 0 Å². The molecule has 2 aliphatic rings. The molecule has 0 radical (unpaired) electrons. The molecule has 32 heavy (non-hydrogen) atoms. The van der Waals surface area contributed by atoms with Gasteiger partial charge < -0.3 is 19.5 Å². The van der Waals surface area contributed by atoms with Gasteiger partial charge in [-0.15, -0.1) is 0 Å². The van der Waals surface area contributed by atoms with E-state index in [2.05, 4.69) is 14.9 Å². The fourth-order valence-electron chi connectivity index (χ4n) is 5.43. The van der Waals surface area contributed by atoms with E-state index < -0.39 is 0 Å². The summed E-state index contributed by atoms with van der Waals surface area (Å²) in [5.74, 6) is 1.27. The van der Waals surface area contributed by atoms with E-state index in [0.29, 0.717) is 48.1 Å². The molecule has 1 aromatic heterocycles. The monoisotopic (exact) mass is 440 g/mol.